The number of rotatable bonds is 6. The van der Waals surface area contributed by atoms with Crippen molar-refractivity contribution in [3.05, 3.63) is 35.9 Å². The van der Waals surface area contributed by atoms with Gasteiger partial charge in [-0.1, -0.05) is 49.6 Å². The van der Waals surface area contributed by atoms with Crippen LogP contribution in [-0.2, 0) is 5.60 Å². The van der Waals surface area contributed by atoms with E-state index in [1.165, 1.54) is 25.5 Å². The molecule has 1 saturated carbocycles. The highest BCUT2D eigenvalue weighted by Gasteiger charge is 2.40. The predicted molar refractivity (Wildman–Crippen MR) is 98.6 cm³/mol. The van der Waals surface area contributed by atoms with Gasteiger partial charge in [-0.15, -0.1) is 0 Å². The minimum Gasteiger partial charge on any atom is -0.384 e. The fraction of sp³-hybridized carbons (Fsp3) is 0.650. The van der Waals surface area contributed by atoms with Crippen molar-refractivity contribution in [2.45, 2.75) is 37.7 Å². The normalized spacial score (nSPS) is 23.7. The van der Waals surface area contributed by atoms with Gasteiger partial charge in [0, 0.05) is 45.5 Å². The van der Waals surface area contributed by atoms with Gasteiger partial charge in [0.2, 0.25) is 0 Å². The Bertz CT molecular complexity index is 507. The Kier molecular flexibility index (Phi) is 6.04. The van der Waals surface area contributed by atoms with Crippen LogP contribution < -0.4 is 0 Å². The topological polar surface area (TPSA) is 50.6 Å². The first kappa shape index (κ1) is 17.6. The highest BCUT2D eigenvalue weighted by atomic mass is 16.3. The third-order valence-corrected chi connectivity index (χ3v) is 5.83. The Hall–Kier alpha value is -1.23. The van der Waals surface area contributed by atoms with E-state index in [0.29, 0.717) is 5.92 Å². The molecule has 0 amide bonds. The molecule has 2 aliphatic rings. The summed E-state index contributed by atoms with van der Waals surface area (Å²) in [5.74, 6) is 0.369. The molecule has 1 aliphatic carbocycles. The van der Waals surface area contributed by atoms with Crippen molar-refractivity contribution in [1.29, 1.82) is 5.41 Å². The van der Waals surface area contributed by atoms with Gasteiger partial charge in [-0.2, -0.15) is 0 Å². The lowest BCUT2D eigenvalue weighted by Gasteiger charge is -2.44. The molecule has 0 radical (unpaired) electrons. The molecule has 132 valence electrons. The number of aliphatic hydroxyl groups is 1. The van der Waals surface area contributed by atoms with Crippen molar-refractivity contribution in [2.75, 3.05) is 39.3 Å². The lowest BCUT2D eigenvalue weighted by molar-refractivity contribution is -0.0699. The molecular weight excluding hydrogens is 298 g/mol. The molecule has 0 spiro atoms. The number of β-amino-alcohol motifs (C(OH)–C–C–N with tert-alkyl or cyclic N) is 1. The highest BCUT2D eigenvalue weighted by Crippen LogP contribution is 2.40. The van der Waals surface area contributed by atoms with E-state index in [1.807, 2.05) is 18.2 Å². The van der Waals surface area contributed by atoms with Crippen molar-refractivity contribution < 1.29 is 5.11 Å². The second-order valence-electron chi connectivity index (χ2n) is 7.41. The van der Waals surface area contributed by atoms with E-state index < -0.39 is 5.60 Å². The summed E-state index contributed by atoms with van der Waals surface area (Å²) in [4.78, 5) is 4.73. The predicted octanol–water partition coefficient (Wildman–Crippen LogP) is 2.72. The van der Waals surface area contributed by atoms with Crippen LogP contribution in [0.15, 0.2) is 30.3 Å². The maximum absolute atomic E-state index is 11.7. The van der Waals surface area contributed by atoms with Gasteiger partial charge in [0.25, 0.3) is 0 Å². The summed E-state index contributed by atoms with van der Waals surface area (Å²) in [6.45, 7) is 5.43. The number of piperazine rings is 1. The van der Waals surface area contributed by atoms with Crippen LogP contribution in [0.2, 0.25) is 0 Å². The van der Waals surface area contributed by atoms with Gasteiger partial charge in [0.05, 0.1) is 0 Å². The number of nitrogens with zero attached hydrogens (tertiary/aromatic N) is 2. The van der Waals surface area contributed by atoms with Crippen LogP contribution in [0.25, 0.3) is 0 Å². The molecule has 0 aromatic heterocycles. The minimum atomic E-state index is -0.731. The molecule has 1 atom stereocenters. The Morgan fingerprint density at radius 3 is 2.25 bits per heavy atom. The lowest BCUT2D eigenvalue weighted by Crippen LogP contribution is -2.53. The highest BCUT2D eigenvalue weighted by molar-refractivity contribution is 5.55. The monoisotopic (exact) mass is 329 g/mol. The first-order chi connectivity index (χ1) is 11.7. The van der Waals surface area contributed by atoms with Crippen molar-refractivity contribution in [1.82, 2.24) is 9.80 Å². The average Bonchev–Trinajstić information content (AvgIpc) is 2.65. The van der Waals surface area contributed by atoms with E-state index in [-0.39, 0.29) is 0 Å². The number of hydrogen-bond donors (Lipinski definition) is 2. The quantitative estimate of drug-likeness (QED) is 0.789. The summed E-state index contributed by atoms with van der Waals surface area (Å²) in [5.41, 5.74) is 0.351. The van der Waals surface area contributed by atoms with Gasteiger partial charge < -0.3 is 10.5 Å². The van der Waals surface area contributed by atoms with Crippen LogP contribution in [-0.4, -0.2) is 60.4 Å². The molecule has 1 unspecified atom stereocenters. The molecule has 1 aromatic carbocycles. The smallest absolute Gasteiger partial charge is 0.105 e. The number of benzene rings is 1. The molecule has 4 heteroatoms. The van der Waals surface area contributed by atoms with E-state index in [2.05, 4.69) is 21.9 Å². The Morgan fingerprint density at radius 1 is 1.00 bits per heavy atom. The van der Waals surface area contributed by atoms with Crippen molar-refractivity contribution in [3.8, 4) is 0 Å². The van der Waals surface area contributed by atoms with Gasteiger partial charge in [-0.05, 0) is 24.3 Å². The summed E-state index contributed by atoms with van der Waals surface area (Å²) in [5, 5.41) is 19.0. The van der Waals surface area contributed by atoms with E-state index in [4.69, 9.17) is 5.41 Å². The van der Waals surface area contributed by atoms with Crippen molar-refractivity contribution in [3.63, 3.8) is 0 Å². The fourth-order valence-electron chi connectivity index (χ4n) is 4.36. The van der Waals surface area contributed by atoms with Crippen LogP contribution in [0, 0.1) is 11.3 Å². The van der Waals surface area contributed by atoms with Gasteiger partial charge in [0.15, 0.2) is 0 Å². The van der Waals surface area contributed by atoms with Crippen LogP contribution in [0.1, 0.15) is 37.7 Å². The van der Waals surface area contributed by atoms with Gasteiger partial charge in [-0.3, -0.25) is 9.80 Å². The molecule has 2 fully saturated rings. The molecule has 24 heavy (non-hydrogen) atoms. The molecule has 2 N–H and O–H groups in total. The maximum Gasteiger partial charge on any atom is 0.105 e. The van der Waals surface area contributed by atoms with Gasteiger partial charge in [0.1, 0.15) is 5.60 Å². The Labute approximate surface area is 146 Å². The molecule has 1 saturated heterocycles. The van der Waals surface area contributed by atoms with Crippen LogP contribution in [0.5, 0.6) is 0 Å². The number of hydrogen-bond acceptors (Lipinski definition) is 4. The third-order valence-electron chi connectivity index (χ3n) is 5.83. The summed E-state index contributed by atoms with van der Waals surface area (Å²) in [6.07, 6.45) is 7.56. The zero-order valence-corrected chi connectivity index (χ0v) is 14.7. The largest absolute Gasteiger partial charge is 0.384 e. The van der Waals surface area contributed by atoms with Gasteiger partial charge >= 0.3 is 0 Å². The molecule has 4 nitrogen and oxygen atoms in total. The number of nitrogens with one attached hydrogen (secondary N) is 1. The van der Waals surface area contributed by atoms with E-state index in [0.717, 1.165) is 57.7 Å². The van der Waals surface area contributed by atoms with E-state index >= 15 is 0 Å². The summed E-state index contributed by atoms with van der Waals surface area (Å²) in [7, 11) is 0. The summed E-state index contributed by atoms with van der Waals surface area (Å²) < 4.78 is 0. The van der Waals surface area contributed by atoms with Crippen LogP contribution in [0.3, 0.4) is 0 Å². The Balaban J connectivity index is 1.72. The molecule has 3 rings (SSSR count). The van der Waals surface area contributed by atoms with Crippen LogP contribution in [0.4, 0.5) is 0 Å². The molecule has 0 bridgehead atoms. The molecule has 1 aromatic rings. The summed E-state index contributed by atoms with van der Waals surface area (Å²) >= 11 is 0. The zero-order valence-electron chi connectivity index (χ0n) is 14.7. The van der Waals surface area contributed by atoms with Crippen molar-refractivity contribution >= 4 is 6.21 Å². The SMILES string of the molecule is N=CCN1CCN(CC(O)(c2ccccc2)C2CCCCC2)CC1. The minimum absolute atomic E-state index is 0.369. The average molecular weight is 329 g/mol. The van der Waals surface area contributed by atoms with Crippen molar-refractivity contribution in [2.24, 2.45) is 5.92 Å². The van der Waals surface area contributed by atoms with E-state index in [1.54, 1.807) is 0 Å². The fourth-order valence-corrected chi connectivity index (χ4v) is 4.36. The summed E-state index contributed by atoms with van der Waals surface area (Å²) in [6, 6.07) is 10.3. The van der Waals surface area contributed by atoms with Gasteiger partial charge in [-0.25, -0.2) is 0 Å². The second kappa shape index (κ2) is 8.24. The molecular formula is C20H31N3O. The van der Waals surface area contributed by atoms with E-state index in [9.17, 15) is 5.11 Å². The first-order valence-electron chi connectivity index (χ1n) is 9.44. The third kappa shape index (κ3) is 4.05. The lowest BCUT2D eigenvalue weighted by atomic mass is 9.73. The second-order valence-corrected chi connectivity index (χ2v) is 7.41. The maximum atomic E-state index is 11.7. The Morgan fingerprint density at radius 2 is 1.62 bits per heavy atom. The molecule has 1 aliphatic heterocycles. The molecule has 1 heterocycles. The van der Waals surface area contributed by atoms with Crippen LogP contribution >= 0.6 is 0 Å². The standard InChI is InChI=1S/C20H31N3O/c21-11-12-22-13-15-23(16-14-22)17-20(24,18-7-3-1-4-8-18)19-9-5-2-6-10-19/h1,3-4,7-8,11,19,21,24H,2,5-6,9-10,12-17H2. The zero-order chi connectivity index (χ0) is 16.8. The first-order valence-corrected chi connectivity index (χ1v) is 9.44.